The molecule has 2 bridgehead atoms. The first kappa shape index (κ1) is 11.1. The van der Waals surface area contributed by atoms with Crippen molar-refractivity contribution < 1.29 is 0 Å². The monoisotopic (exact) mass is 253 g/mol. The Labute approximate surface area is 114 Å². The maximum atomic E-state index is 2.57. The maximum Gasteiger partial charge on any atom is 0.110 e. The Hall–Kier alpha value is -1.74. The molecule has 1 fully saturated rings. The fourth-order valence-electron chi connectivity index (χ4n) is 3.64. The van der Waals surface area contributed by atoms with Gasteiger partial charge in [-0.15, -0.1) is 0 Å². The third-order valence-electron chi connectivity index (χ3n) is 4.64. The van der Waals surface area contributed by atoms with E-state index in [0.717, 1.165) is 13.1 Å². The van der Waals surface area contributed by atoms with Crippen LogP contribution in [0.15, 0.2) is 42.6 Å². The minimum atomic E-state index is 0.464. The molecule has 0 saturated carbocycles. The predicted molar refractivity (Wildman–Crippen MR) is 76.9 cm³/mol. The minimum Gasteiger partial charge on any atom is -0.338 e. The first-order chi connectivity index (χ1) is 9.25. The standard InChI is InChI=1S/C16H19N3/c1-12-18-10-13-6-3-4-7-14(13)15(11-18)19(12)16-8-5-9-17(16)2/h3-9,12,15H,10-11H2,1-2H3/t12-,15?/m0/s1. The number of fused-ring (bicyclic) bond motifs is 4. The Morgan fingerprint density at radius 3 is 2.74 bits per heavy atom. The van der Waals surface area contributed by atoms with Gasteiger partial charge in [0.25, 0.3) is 0 Å². The summed E-state index contributed by atoms with van der Waals surface area (Å²) < 4.78 is 2.22. The third-order valence-corrected chi connectivity index (χ3v) is 4.64. The van der Waals surface area contributed by atoms with E-state index in [0.29, 0.717) is 12.2 Å². The van der Waals surface area contributed by atoms with Crippen molar-refractivity contribution in [2.75, 3.05) is 11.4 Å². The van der Waals surface area contributed by atoms with Crippen LogP contribution in [0.1, 0.15) is 24.1 Å². The molecule has 1 aromatic heterocycles. The fraction of sp³-hybridized carbons (Fsp3) is 0.375. The molecule has 0 aliphatic carbocycles. The lowest BCUT2D eigenvalue weighted by atomic mass is 9.97. The third kappa shape index (κ3) is 1.48. The molecule has 0 spiro atoms. The highest BCUT2D eigenvalue weighted by molar-refractivity contribution is 5.50. The van der Waals surface area contributed by atoms with Crippen LogP contribution in [-0.2, 0) is 13.6 Å². The molecule has 19 heavy (non-hydrogen) atoms. The molecule has 0 N–H and O–H groups in total. The van der Waals surface area contributed by atoms with Crippen LogP contribution in [0, 0.1) is 0 Å². The van der Waals surface area contributed by atoms with E-state index in [1.807, 2.05) is 0 Å². The van der Waals surface area contributed by atoms with Gasteiger partial charge in [0.05, 0.1) is 12.2 Å². The molecule has 3 atom stereocenters. The Morgan fingerprint density at radius 2 is 1.95 bits per heavy atom. The number of aryl methyl sites for hydroxylation is 1. The van der Waals surface area contributed by atoms with Crippen LogP contribution in [0.4, 0.5) is 5.82 Å². The van der Waals surface area contributed by atoms with E-state index in [4.69, 9.17) is 0 Å². The minimum absolute atomic E-state index is 0.464. The van der Waals surface area contributed by atoms with Crippen molar-refractivity contribution in [2.45, 2.75) is 25.7 Å². The summed E-state index contributed by atoms with van der Waals surface area (Å²) >= 11 is 0. The lowest BCUT2D eigenvalue weighted by molar-refractivity contribution is 0.251. The van der Waals surface area contributed by atoms with Crippen molar-refractivity contribution in [1.29, 1.82) is 0 Å². The number of anilines is 1. The van der Waals surface area contributed by atoms with Crippen molar-refractivity contribution in [3.63, 3.8) is 0 Å². The van der Waals surface area contributed by atoms with Gasteiger partial charge in [-0.3, -0.25) is 4.90 Å². The maximum absolute atomic E-state index is 2.57. The summed E-state index contributed by atoms with van der Waals surface area (Å²) in [5.74, 6) is 1.32. The van der Waals surface area contributed by atoms with Crippen LogP contribution in [-0.4, -0.2) is 22.2 Å². The first-order valence-electron chi connectivity index (χ1n) is 6.97. The molecule has 3 nitrogen and oxygen atoms in total. The van der Waals surface area contributed by atoms with E-state index in [-0.39, 0.29) is 0 Å². The second-order valence-electron chi connectivity index (χ2n) is 5.66. The molecule has 2 aromatic rings. The molecule has 1 aromatic carbocycles. The zero-order chi connectivity index (χ0) is 13.0. The van der Waals surface area contributed by atoms with Gasteiger partial charge in [-0.2, -0.15) is 0 Å². The Kier molecular flexibility index (Phi) is 2.27. The molecular formula is C16H19N3. The zero-order valence-corrected chi connectivity index (χ0v) is 11.5. The molecule has 3 heterocycles. The second-order valence-corrected chi connectivity index (χ2v) is 5.66. The number of hydrogen-bond donors (Lipinski definition) is 0. The molecule has 2 aliphatic heterocycles. The summed E-state index contributed by atoms with van der Waals surface area (Å²) in [5, 5.41) is 0. The van der Waals surface area contributed by atoms with Gasteiger partial charge in [-0.05, 0) is 30.2 Å². The van der Waals surface area contributed by atoms with Crippen molar-refractivity contribution in [1.82, 2.24) is 9.47 Å². The molecule has 2 unspecified atom stereocenters. The summed E-state index contributed by atoms with van der Waals surface area (Å²) in [7, 11) is 2.13. The number of rotatable bonds is 1. The van der Waals surface area contributed by atoms with Crippen LogP contribution >= 0.6 is 0 Å². The summed E-state index contributed by atoms with van der Waals surface area (Å²) in [6, 6.07) is 13.7. The van der Waals surface area contributed by atoms with Gasteiger partial charge in [0.2, 0.25) is 0 Å². The van der Waals surface area contributed by atoms with Gasteiger partial charge in [0, 0.05) is 26.3 Å². The van der Waals surface area contributed by atoms with Gasteiger partial charge >= 0.3 is 0 Å². The molecule has 3 heteroatoms. The van der Waals surface area contributed by atoms with Crippen LogP contribution in [0.3, 0.4) is 0 Å². The molecule has 0 radical (unpaired) electrons. The molecule has 98 valence electrons. The predicted octanol–water partition coefficient (Wildman–Crippen LogP) is 2.75. The van der Waals surface area contributed by atoms with Gasteiger partial charge in [-0.1, -0.05) is 24.3 Å². The smallest absolute Gasteiger partial charge is 0.110 e. The molecule has 4 rings (SSSR count). The van der Waals surface area contributed by atoms with E-state index in [9.17, 15) is 0 Å². The van der Waals surface area contributed by atoms with Crippen molar-refractivity contribution >= 4 is 5.82 Å². The number of aromatic nitrogens is 1. The largest absolute Gasteiger partial charge is 0.338 e. The summed E-state index contributed by atoms with van der Waals surface area (Å²) in [6.45, 7) is 4.54. The van der Waals surface area contributed by atoms with Crippen molar-refractivity contribution in [3.05, 3.63) is 53.7 Å². The average Bonchev–Trinajstić information content (AvgIpc) is 2.94. The second kappa shape index (κ2) is 3.87. The Balaban J connectivity index is 1.84. The summed E-state index contributed by atoms with van der Waals surface area (Å²) in [6.07, 6.45) is 2.59. The fourth-order valence-corrected chi connectivity index (χ4v) is 3.64. The lowest BCUT2D eigenvalue weighted by Crippen LogP contribution is -2.35. The number of benzene rings is 1. The van der Waals surface area contributed by atoms with Crippen LogP contribution in [0.25, 0.3) is 0 Å². The SMILES string of the molecule is C[C@H]1N2Cc3ccccc3C(C2)N1c1cccn1C. The van der Waals surface area contributed by atoms with Crippen molar-refractivity contribution in [3.8, 4) is 0 Å². The van der Waals surface area contributed by atoms with E-state index in [1.54, 1.807) is 0 Å². The van der Waals surface area contributed by atoms with Gasteiger partial charge < -0.3 is 9.47 Å². The van der Waals surface area contributed by atoms with E-state index in [1.165, 1.54) is 16.9 Å². The molecule has 2 aliphatic rings. The van der Waals surface area contributed by atoms with E-state index < -0.39 is 0 Å². The topological polar surface area (TPSA) is 11.4 Å². The summed E-state index contributed by atoms with van der Waals surface area (Å²) in [4.78, 5) is 5.13. The van der Waals surface area contributed by atoms with Gasteiger partial charge in [0.15, 0.2) is 0 Å². The lowest BCUT2D eigenvalue weighted by Gasteiger charge is -2.30. The summed E-state index contributed by atoms with van der Waals surface area (Å²) in [5.41, 5.74) is 2.99. The first-order valence-corrected chi connectivity index (χ1v) is 6.97. The Bertz CT molecular complexity index is 616. The zero-order valence-electron chi connectivity index (χ0n) is 11.5. The molecule has 0 amide bonds. The molecular weight excluding hydrogens is 234 g/mol. The highest BCUT2D eigenvalue weighted by atomic mass is 15.5. The average molecular weight is 253 g/mol. The highest BCUT2D eigenvalue weighted by Crippen LogP contribution is 2.42. The molecule has 1 saturated heterocycles. The van der Waals surface area contributed by atoms with E-state index in [2.05, 4.69) is 70.9 Å². The van der Waals surface area contributed by atoms with Crippen LogP contribution in [0.2, 0.25) is 0 Å². The van der Waals surface area contributed by atoms with Crippen LogP contribution < -0.4 is 4.90 Å². The van der Waals surface area contributed by atoms with Crippen LogP contribution in [0.5, 0.6) is 0 Å². The highest BCUT2D eigenvalue weighted by Gasteiger charge is 2.42. The quantitative estimate of drug-likeness (QED) is 0.774. The van der Waals surface area contributed by atoms with E-state index >= 15 is 0 Å². The normalized spacial score (nSPS) is 28.5. The van der Waals surface area contributed by atoms with Gasteiger partial charge in [-0.25, -0.2) is 0 Å². The number of hydrogen-bond acceptors (Lipinski definition) is 2. The number of nitrogens with zero attached hydrogens (tertiary/aromatic N) is 3. The Morgan fingerprint density at radius 1 is 1.11 bits per heavy atom. The van der Waals surface area contributed by atoms with Gasteiger partial charge in [0.1, 0.15) is 5.82 Å². The van der Waals surface area contributed by atoms with Crippen molar-refractivity contribution in [2.24, 2.45) is 7.05 Å².